The van der Waals surface area contributed by atoms with Crippen LogP contribution >= 0.6 is 11.3 Å². The van der Waals surface area contributed by atoms with Crippen LogP contribution < -0.4 is 10.6 Å². The molecule has 0 saturated carbocycles. The van der Waals surface area contributed by atoms with Crippen molar-refractivity contribution in [3.05, 3.63) is 83.2 Å². The van der Waals surface area contributed by atoms with Crippen molar-refractivity contribution in [2.24, 2.45) is 0 Å². The molecule has 0 aliphatic rings. The van der Waals surface area contributed by atoms with Crippen molar-refractivity contribution in [2.45, 2.75) is 11.3 Å². The minimum Gasteiger partial charge on any atom is -0.326 e. The van der Waals surface area contributed by atoms with Gasteiger partial charge in [0.05, 0.1) is 22.8 Å². The number of rotatable bonds is 10. The van der Waals surface area contributed by atoms with E-state index in [0.717, 1.165) is 10.4 Å². The zero-order chi connectivity index (χ0) is 25.5. The molecule has 2 aromatic carbocycles. The van der Waals surface area contributed by atoms with Gasteiger partial charge in [0, 0.05) is 34.6 Å². The van der Waals surface area contributed by atoms with Crippen LogP contribution in [0.15, 0.2) is 83.2 Å². The van der Waals surface area contributed by atoms with Gasteiger partial charge in [0.2, 0.25) is 11.9 Å². The van der Waals surface area contributed by atoms with Crippen LogP contribution in [0.2, 0.25) is 0 Å². The summed E-state index contributed by atoms with van der Waals surface area (Å²) in [7, 11) is 0.349. The van der Waals surface area contributed by atoms with Crippen molar-refractivity contribution in [1.82, 2.24) is 14.9 Å². The van der Waals surface area contributed by atoms with Gasteiger partial charge in [-0.15, -0.1) is 11.3 Å². The third-order valence-corrected chi connectivity index (χ3v) is 7.90. The van der Waals surface area contributed by atoms with Gasteiger partial charge in [0.15, 0.2) is 9.84 Å². The van der Waals surface area contributed by atoms with Crippen LogP contribution in [0.5, 0.6) is 0 Å². The number of benzene rings is 2. The summed E-state index contributed by atoms with van der Waals surface area (Å²) in [4.78, 5) is 24.2. The predicted octanol–water partition coefficient (Wildman–Crippen LogP) is 4.47. The summed E-state index contributed by atoms with van der Waals surface area (Å²) in [5.41, 5.74) is 2.99. The molecule has 4 rings (SSSR count). The standard InChI is InChI=1S/C26H27N5O3S2/c1-31(2)15-17-36(33,34)23-11-9-21(10-12-23)29-26-27-14-13-24(30-26)19-5-7-20(8-6-19)28-25(32)18-22-4-3-16-35-22/h3-14,16H,15,17-18H2,1-2H3,(H,28,32)(H,27,29,30). The topological polar surface area (TPSA) is 104 Å². The van der Waals surface area contributed by atoms with Crippen molar-refractivity contribution >= 4 is 44.4 Å². The first kappa shape index (κ1) is 25.5. The lowest BCUT2D eigenvalue weighted by Gasteiger charge is -2.11. The molecule has 0 aliphatic heterocycles. The van der Waals surface area contributed by atoms with Gasteiger partial charge >= 0.3 is 0 Å². The molecule has 0 saturated heterocycles. The van der Waals surface area contributed by atoms with Crippen LogP contribution in [-0.2, 0) is 21.1 Å². The number of hydrogen-bond acceptors (Lipinski definition) is 8. The zero-order valence-corrected chi connectivity index (χ0v) is 21.6. The van der Waals surface area contributed by atoms with E-state index in [9.17, 15) is 13.2 Å². The molecular weight excluding hydrogens is 494 g/mol. The number of carbonyl (C=O) groups is 1. The molecule has 0 fully saturated rings. The van der Waals surface area contributed by atoms with Crippen molar-refractivity contribution in [3.63, 3.8) is 0 Å². The number of nitrogens with one attached hydrogen (secondary N) is 2. The van der Waals surface area contributed by atoms with Gasteiger partial charge < -0.3 is 15.5 Å². The summed E-state index contributed by atoms with van der Waals surface area (Å²) in [5.74, 6) is 0.397. The Morgan fingerprint density at radius 3 is 2.36 bits per heavy atom. The lowest BCUT2D eigenvalue weighted by molar-refractivity contribution is -0.115. The Hall–Kier alpha value is -3.60. The normalized spacial score (nSPS) is 11.4. The second-order valence-corrected chi connectivity index (χ2v) is 11.6. The Balaban J connectivity index is 1.39. The Morgan fingerprint density at radius 2 is 1.69 bits per heavy atom. The van der Waals surface area contributed by atoms with Gasteiger partial charge in [-0.05, 0) is 68.0 Å². The Morgan fingerprint density at radius 1 is 0.972 bits per heavy atom. The maximum atomic E-state index is 12.5. The van der Waals surface area contributed by atoms with E-state index in [1.165, 1.54) is 0 Å². The fourth-order valence-electron chi connectivity index (χ4n) is 3.38. The molecule has 2 heterocycles. The first-order valence-corrected chi connectivity index (χ1v) is 13.8. The number of nitrogens with zero attached hydrogens (tertiary/aromatic N) is 3. The molecule has 4 aromatic rings. The van der Waals surface area contributed by atoms with Crippen LogP contribution in [0.3, 0.4) is 0 Å². The van der Waals surface area contributed by atoms with Crippen LogP contribution in [0.1, 0.15) is 4.88 Å². The average Bonchev–Trinajstić information content (AvgIpc) is 3.37. The van der Waals surface area contributed by atoms with Crippen LogP contribution in [0.25, 0.3) is 11.3 Å². The molecule has 0 aliphatic carbocycles. The fourth-order valence-corrected chi connectivity index (χ4v) is 5.47. The van der Waals surface area contributed by atoms with Gasteiger partial charge in [-0.3, -0.25) is 4.79 Å². The molecule has 10 heteroatoms. The van der Waals surface area contributed by atoms with E-state index in [4.69, 9.17) is 0 Å². The number of anilines is 3. The number of amides is 1. The summed E-state index contributed by atoms with van der Waals surface area (Å²) in [6.07, 6.45) is 2.00. The molecule has 1 amide bonds. The molecule has 186 valence electrons. The highest BCUT2D eigenvalue weighted by Gasteiger charge is 2.14. The summed E-state index contributed by atoms with van der Waals surface area (Å²) < 4.78 is 24.9. The van der Waals surface area contributed by atoms with Crippen LogP contribution in [0, 0.1) is 0 Å². The number of hydrogen-bond donors (Lipinski definition) is 2. The van der Waals surface area contributed by atoms with Crippen LogP contribution in [0.4, 0.5) is 17.3 Å². The number of thiophene rings is 1. The van der Waals surface area contributed by atoms with E-state index in [2.05, 4.69) is 20.6 Å². The number of sulfone groups is 1. The van der Waals surface area contributed by atoms with Gasteiger partial charge in [-0.25, -0.2) is 18.4 Å². The van der Waals surface area contributed by atoms with E-state index >= 15 is 0 Å². The fraction of sp³-hybridized carbons (Fsp3) is 0.192. The summed E-state index contributed by atoms with van der Waals surface area (Å²) >= 11 is 1.56. The van der Waals surface area contributed by atoms with Crippen LogP contribution in [-0.4, -0.2) is 55.6 Å². The monoisotopic (exact) mass is 521 g/mol. The molecule has 0 bridgehead atoms. The van der Waals surface area contributed by atoms with Gasteiger partial charge in [0.1, 0.15) is 0 Å². The lowest BCUT2D eigenvalue weighted by Crippen LogP contribution is -2.21. The van der Waals surface area contributed by atoms with Crippen molar-refractivity contribution in [2.75, 3.05) is 37.0 Å². The molecule has 36 heavy (non-hydrogen) atoms. The van der Waals surface area contributed by atoms with E-state index in [0.29, 0.717) is 36.0 Å². The first-order valence-electron chi connectivity index (χ1n) is 11.3. The molecule has 0 radical (unpaired) electrons. The molecule has 0 atom stereocenters. The van der Waals surface area contributed by atoms with Gasteiger partial charge in [-0.1, -0.05) is 18.2 Å². The second-order valence-electron chi connectivity index (χ2n) is 8.42. The number of aromatic nitrogens is 2. The maximum absolute atomic E-state index is 12.5. The second kappa shape index (κ2) is 11.4. The van der Waals surface area contributed by atoms with Crippen molar-refractivity contribution in [3.8, 4) is 11.3 Å². The smallest absolute Gasteiger partial charge is 0.229 e. The molecule has 2 aromatic heterocycles. The largest absolute Gasteiger partial charge is 0.326 e. The third-order valence-electron chi connectivity index (χ3n) is 5.31. The minimum atomic E-state index is -3.34. The first-order chi connectivity index (χ1) is 17.3. The lowest BCUT2D eigenvalue weighted by atomic mass is 10.1. The Labute approximate surface area is 215 Å². The number of carbonyl (C=O) groups excluding carboxylic acids is 1. The highest BCUT2D eigenvalue weighted by molar-refractivity contribution is 7.91. The van der Waals surface area contributed by atoms with Crippen molar-refractivity contribution < 1.29 is 13.2 Å². The summed E-state index contributed by atoms with van der Waals surface area (Å²) in [5, 5.41) is 7.98. The molecular formula is C26H27N5O3S2. The van der Waals surface area contributed by atoms with E-state index < -0.39 is 9.84 Å². The van der Waals surface area contributed by atoms with E-state index in [-0.39, 0.29) is 16.6 Å². The van der Waals surface area contributed by atoms with Gasteiger partial charge in [-0.2, -0.15) is 0 Å². The zero-order valence-electron chi connectivity index (χ0n) is 20.0. The highest BCUT2D eigenvalue weighted by Crippen LogP contribution is 2.23. The molecule has 8 nitrogen and oxygen atoms in total. The minimum absolute atomic E-state index is 0.0600. The summed E-state index contributed by atoms with van der Waals surface area (Å²) in [6, 6.07) is 19.7. The quantitative estimate of drug-likeness (QED) is 0.317. The molecule has 0 unspecified atom stereocenters. The van der Waals surface area contributed by atoms with E-state index in [1.807, 2.05) is 60.8 Å². The highest BCUT2D eigenvalue weighted by atomic mass is 32.2. The SMILES string of the molecule is CN(C)CCS(=O)(=O)c1ccc(Nc2nccc(-c3ccc(NC(=O)Cc4cccs4)cc3)n2)cc1. The van der Waals surface area contributed by atoms with Gasteiger partial charge in [0.25, 0.3) is 0 Å². The predicted molar refractivity (Wildman–Crippen MR) is 144 cm³/mol. The van der Waals surface area contributed by atoms with E-state index in [1.54, 1.807) is 47.9 Å². The third kappa shape index (κ3) is 6.97. The molecule has 0 spiro atoms. The average molecular weight is 522 g/mol. The van der Waals surface area contributed by atoms with Crippen molar-refractivity contribution in [1.29, 1.82) is 0 Å². The Bertz CT molecular complexity index is 1400. The Kier molecular flexibility index (Phi) is 8.09. The summed E-state index contributed by atoms with van der Waals surface area (Å²) in [6.45, 7) is 0.464. The maximum Gasteiger partial charge on any atom is 0.229 e. The molecule has 2 N–H and O–H groups in total.